The van der Waals surface area contributed by atoms with Crippen LogP contribution in [0, 0.1) is 5.82 Å². The lowest BCUT2D eigenvalue weighted by Crippen LogP contribution is -2.48. The van der Waals surface area contributed by atoms with Gasteiger partial charge in [0, 0.05) is 45.1 Å². The molecule has 0 aliphatic carbocycles. The van der Waals surface area contributed by atoms with Gasteiger partial charge >= 0.3 is 0 Å². The molecule has 6 nitrogen and oxygen atoms in total. The van der Waals surface area contributed by atoms with Gasteiger partial charge in [-0.3, -0.25) is 9.48 Å². The van der Waals surface area contributed by atoms with Crippen LogP contribution in [-0.4, -0.2) is 53.9 Å². The molecular weight excluding hydrogens is 299 g/mol. The lowest BCUT2D eigenvalue weighted by atomic mass is 10.2. The number of hydrogen-bond acceptors (Lipinski definition) is 4. The normalized spacial score (nSPS) is 14.9. The summed E-state index contributed by atoms with van der Waals surface area (Å²) in [5.41, 5.74) is 1.45. The van der Waals surface area contributed by atoms with E-state index in [0.29, 0.717) is 37.6 Å². The van der Waals surface area contributed by atoms with Gasteiger partial charge in [0.05, 0.1) is 7.11 Å². The second kappa shape index (κ2) is 6.28. The fourth-order valence-corrected chi connectivity index (χ4v) is 2.76. The minimum absolute atomic E-state index is 0.0753. The van der Waals surface area contributed by atoms with Crippen LogP contribution in [0.1, 0.15) is 10.4 Å². The first-order valence-electron chi connectivity index (χ1n) is 7.46. The van der Waals surface area contributed by atoms with Crippen molar-refractivity contribution in [3.8, 4) is 5.88 Å². The maximum atomic E-state index is 13.0. The van der Waals surface area contributed by atoms with Crippen molar-refractivity contribution in [2.75, 3.05) is 38.2 Å². The highest BCUT2D eigenvalue weighted by Crippen LogP contribution is 2.20. The highest BCUT2D eigenvalue weighted by molar-refractivity contribution is 5.96. The lowest BCUT2D eigenvalue weighted by molar-refractivity contribution is 0.0743. The van der Waals surface area contributed by atoms with Gasteiger partial charge in [-0.1, -0.05) is 0 Å². The van der Waals surface area contributed by atoms with Gasteiger partial charge in [0.1, 0.15) is 11.4 Å². The van der Waals surface area contributed by atoms with Crippen molar-refractivity contribution in [3.05, 3.63) is 41.8 Å². The molecule has 1 aliphatic rings. The molecule has 0 saturated carbocycles. The molecule has 1 fully saturated rings. The van der Waals surface area contributed by atoms with E-state index in [-0.39, 0.29) is 11.7 Å². The Morgan fingerprint density at radius 2 is 1.83 bits per heavy atom. The second-order valence-electron chi connectivity index (χ2n) is 5.48. The van der Waals surface area contributed by atoms with Crippen molar-refractivity contribution in [3.63, 3.8) is 0 Å². The zero-order valence-electron chi connectivity index (χ0n) is 13.2. The molecule has 122 valence electrons. The van der Waals surface area contributed by atoms with Crippen LogP contribution in [0.5, 0.6) is 5.88 Å². The van der Waals surface area contributed by atoms with Crippen LogP contribution in [0.4, 0.5) is 10.1 Å². The maximum Gasteiger partial charge on any atom is 0.261 e. The number of amides is 1. The van der Waals surface area contributed by atoms with Gasteiger partial charge in [0.15, 0.2) is 0 Å². The number of aryl methyl sites for hydroxylation is 1. The summed E-state index contributed by atoms with van der Waals surface area (Å²) in [6.45, 7) is 2.63. The summed E-state index contributed by atoms with van der Waals surface area (Å²) in [6.07, 6.45) is 1.67. The fraction of sp³-hybridized carbons (Fsp3) is 0.375. The number of benzene rings is 1. The largest absolute Gasteiger partial charge is 0.479 e. The molecule has 1 aromatic heterocycles. The summed E-state index contributed by atoms with van der Waals surface area (Å²) in [5, 5.41) is 4.12. The smallest absolute Gasteiger partial charge is 0.261 e. The first-order chi connectivity index (χ1) is 11.1. The molecule has 23 heavy (non-hydrogen) atoms. The molecule has 0 spiro atoms. The van der Waals surface area contributed by atoms with Crippen molar-refractivity contribution < 1.29 is 13.9 Å². The van der Waals surface area contributed by atoms with Crippen LogP contribution in [0.15, 0.2) is 30.5 Å². The van der Waals surface area contributed by atoms with E-state index in [1.165, 1.54) is 19.2 Å². The predicted octanol–water partition coefficient (Wildman–Crippen LogP) is 1.53. The number of methoxy groups -OCH3 is 1. The van der Waals surface area contributed by atoms with Crippen LogP contribution in [0.25, 0.3) is 0 Å². The van der Waals surface area contributed by atoms with Crippen LogP contribution < -0.4 is 9.64 Å². The van der Waals surface area contributed by atoms with E-state index < -0.39 is 0 Å². The van der Waals surface area contributed by atoms with Crippen LogP contribution in [-0.2, 0) is 7.05 Å². The summed E-state index contributed by atoms with van der Waals surface area (Å²) in [7, 11) is 3.26. The molecule has 0 radical (unpaired) electrons. The minimum Gasteiger partial charge on any atom is -0.479 e. The van der Waals surface area contributed by atoms with E-state index in [1.807, 2.05) is 0 Å². The highest BCUT2D eigenvalue weighted by atomic mass is 19.1. The third kappa shape index (κ3) is 3.13. The zero-order chi connectivity index (χ0) is 16.4. The van der Waals surface area contributed by atoms with Gasteiger partial charge in [-0.15, -0.1) is 5.10 Å². The predicted molar refractivity (Wildman–Crippen MR) is 84.3 cm³/mol. The van der Waals surface area contributed by atoms with E-state index in [0.717, 1.165) is 5.69 Å². The summed E-state index contributed by atoms with van der Waals surface area (Å²) < 4.78 is 19.7. The first kappa shape index (κ1) is 15.3. The molecular formula is C16H19FN4O2. The number of rotatable bonds is 3. The molecule has 7 heteroatoms. The SMILES string of the molecule is COc1nn(C)cc1C(=O)N1CCN(c2ccc(F)cc2)CC1. The summed E-state index contributed by atoms with van der Waals surface area (Å²) in [5.74, 6) is 0.0263. The molecule has 0 atom stereocenters. The highest BCUT2D eigenvalue weighted by Gasteiger charge is 2.26. The van der Waals surface area contributed by atoms with Gasteiger partial charge in [0.25, 0.3) is 5.91 Å². The molecule has 2 heterocycles. The van der Waals surface area contributed by atoms with Gasteiger partial charge in [-0.05, 0) is 24.3 Å². The Labute approximate surface area is 134 Å². The van der Waals surface area contributed by atoms with E-state index in [4.69, 9.17) is 4.74 Å². The Morgan fingerprint density at radius 3 is 2.43 bits per heavy atom. The average Bonchev–Trinajstić information content (AvgIpc) is 2.96. The van der Waals surface area contributed by atoms with Crippen LogP contribution in [0.2, 0.25) is 0 Å². The Balaban J connectivity index is 1.66. The molecule has 1 amide bonds. The monoisotopic (exact) mass is 318 g/mol. The third-order valence-electron chi connectivity index (χ3n) is 3.98. The number of ether oxygens (including phenoxy) is 1. The number of aromatic nitrogens is 2. The van der Waals surface area contributed by atoms with Gasteiger partial charge in [-0.25, -0.2) is 4.39 Å². The molecule has 1 saturated heterocycles. The van der Waals surface area contributed by atoms with Crippen LogP contribution >= 0.6 is 0 Å². The van der Waals surface area contributed by atoms with Crippen LogP contribution in [0.3, 0.4) is 0 Å². The molecule has 0 unspecified atom stereocenters. The average molecular weight is 318 g/mol. The molecule has 1 aromatic carbocycles. The Morgan fingerprint density at radius 1 is 1.17 bits per heavy atom. The zero-order valence-corrected chi connectivity index (χ0v) is 13.2. The number of piperazine rings is 1. The standard InChI is InChI=1S/C16H19FN4O2/c1-19-11-14(15(18-19)23-2)16(22)21-9-7-20(8-10-21)13-5-3-12(17)4-6-13/h3-6,11H,7-10H2,1-2H3. The Hall–Kier alpha value is -2.57. The number of carbonyl (C=O) groups excluding carboxylic acids is 1. The number of halogens is 1. The summed E-state index contributed by atoms with van der Waals surface area (Å²) in [4.78, 5) is 16.5. The van der Waals surface area contributed by atoms with E-state index in [1.54, 1.807) is 35.0 Å². The topological polar surface area (TPSA) is 50.6 Å². The second-order valence-corrected chi connectivity index (χ2v) is 5.48. The van der Waals surface area contributed by atoms with E-state index in [2.05, 4.69) is 10.00 Å². The number of nitrogens with zero attached hydrogens (tertiary/aromatic N) is 4. The summed E-state index contributed by atoms with van der Waals surface area (Å²) in [6, 6.07) is 6.43. The number of anilines is 1. The quantitative estimate of drug-likeness (QED) is 0.861. The summed E-state index contributed by atoms with van der Waals surface area (Å²) >= 11 is 0. The van der Waals surface area contributed by atoms with E-state index in [9.17, 15) is 9.18 Å². The maximum absolute atomic E-state index is 13.0. The van der Waals surface area contributed by atoms with Crippen molar-refractivity contribution in [1.82, 2.24) is 14.7 Å². The molecule has 2 aromatic rings. The van der Waals surface area contributed by atoms with Crippen molar-refractivity contribution in [1.29, 1.82) is 0 Å². The van der Waals surface area contributed by atoms with Crippen molar-refractivity contribution in [2.24, 2.45) is 7.05 Å². The molecule has 0 N–H and O–H groups in total. The molecule has 0 bridgehead atoms. The Bertz CT molecular complexity index is 691. The number of hydrogen-bond donors (Lipinski definition) is 0. The third-order valence-corrected chi connectivity index (χ3v) is 3.98. The van der Waals surface area contributed by atoms with Gasteiger partial charge in [0.2, 0.25) is 5.88 Å². The van der Waals surface area contributed by atoms with Crippen molar-refractivity contribution in [2.45, 2.75) is 0 Å². The fourth-order valence-electron chi connectivity index (χ4n) is 2.76. The molecule has 3 rings (SSSR count). The molecule has 1 aliphatic heterocycles. The van der Waals surface area contributed by atoms with Gasteiger partial charge < -0.3 is 14.5 Å². The number of carbonyl (C=O) groups is 1. The van der Waals surface area contributed by atoms with E-state index >= 15 is 0 Å². The Kier molecular flexibility index (Phi) is 4.18. The lowest BCUT2D eigenvalue weighted by Gasteiger charge is -2.36. The first-order valence-corrected chi connectivity index (χ1v) is 7.46. The van der Waals surface area contributed by atoms with Gasteiger partial charge in [-0.2, -0.15) is 0 Å². The minimum atomic E-state index is -0.244. The van der Waals surface area contributed by atoms with Crippen molar-refractivity contribution >= 4 is 11.6 Å².